The third-order valence-corrected chi connectivity index (χ3v) is 2.60. The second kappa shape index (κ2) is 4.86. The topological polar surface area (TPSA) is 64.6 Å². The molecule has 5 nitrogen and oxygen atoms in total. The minimum Gasteiger partial charge on any atom is -0.491 e. The van der Waals surface area contributed by atoms with Crippen molar-refractivity contribution in [2.24, 2.45) is 5.92 Å². The van der Waals surface area contributed by atoms with Crippen LogP contribution in [0.25, 0.3) is 0 Å². The molecule has 0 bridgehead atoms. The number of esters is 1. The number of rotatable bonds is 2. The van der Waals surface area contributed by atoms with Gasteiger partial charge in [0.1, 0.15) is 12.4 Å². The molecular weight excluding hydrogens is 222 g/mol. The molecule has 1 amide bonds. The Morgan fingerprint density at radius 1 is 1.53 bits per heavy atom. The van der Waals surface area contributed by atoms with Crippen molar-refractivity contribution in [3.8, 4) is 5.75 Å². The van der Waals surface area contributed by atoms with E-state index in [4.69, 9.17) is 4.74 Å². The summed E-state index contributed by atoms with van der Waals surface area (Å²) in [6.07, 6.45) is 0.0241. The molecule has 1 unspecified atom stereocenters. The van der Waals surface area contributed by atoms with Gasteiger partial charge in [-0.25, -0.2) is 0 Å². The van der Waals surface area contributed by atoms with Gasteiger partial charge in [0.15, 0.2) is 0 Å². The first-order valence-corrected chi connectivity index (χ1v) is 5.30. The second-order valence-electron chi connectivity index (χ2n) is 3.77. The summed E-state index contributed by atoms with van der Waals surface area (Å²) in [6, 6.07) is 7.17. The van der Waals surface area contributed by atoms with Crippen molar-refractivity contribution < 1.29 is 19.1 Å². The number of hydrogen-bond donors (Lipinski definition) is 1. The Kier molecular flexibility index (Phi) is 3.27. The summed E-state index contributed by atoms with van der Waals surface area (Å²) >= 11 is 0. The van der Waals surface area contributed by atoms with E-state index in [-0.39, 0.29) is 18.9 Å². The first-order chi connectivity index (χ1) is 8.20. The van der Waals surface area contributed by atoms with Crippen LogP contribution in [0.15, 0.2) is 24.3 Å². The highest BCUT2D eigenvalue weighted by molar-refractivity contribution is 5.96. The van der Waals surface area contributed by atoms with Crippen molar-refractivity contribution in [3.63, 3.8) is 0 Å². The number of anilines is 1. The number of methoxy groups -OCH3 is 1. The normalized spacial score (nSPS) is 18.4. The SMILES string of the molecule is COC(=O)CC1COc2ccccc2NC1=O. The Balaban J connectivity index is 2.12. The molecule has 1 N–H and O–H groups in total. The first kappa shape index (κ1) is 11.4. The van der Waals surface area contributed by atoms with Gasteiger partial charge in [0.2, 0.25) is 5.91 Å². The van der Waals surface area contributed by atoms with Crippen LogP contribution in [-0.2, 0) is 14.3 Å². The average molecular weight is 235 g/mol. The van der Waals surface area contributed by atoms with Crippen LogP contribution in [0.1, 0.15) is 6.42 Å². The van der Waals surface area contributed by atoms with E-state index in [0.29, 0.717) is 11.4 Å². The van der Waals surface area contributed by atoms with Gasteiger partial charge >= 0.3 is 5.97 Å². The van der Waals surface area contributed by atoms with Crippen LogP contribution in [0, 0.1) is 5.92 Å². The maximum atomic E-state index is 11.8. The summed E-state index contributed by atoms with van der Waals surface area (Å²) in [4.78, 5) is 23.0. The molecule has 0 saturated carbocycles. The maximum absolute atomic E-state index is 11.8. The predicted molar refractivity (Wildman–Crippen MR) is 60.7 cm³/mol. The summed E-state index contributed by atoms with van der Waals surface area (Å²) in [7, 11) is 1.30. The zero-order valence-corrected chi connectivity index (χ0v) is 9.43. The number of carbonyl (C=O) groups is 2. The largest absolute Gasteiger partial charge is 0.491 e. The summed E-state index contributed by atoms with van der Waals surface area (Å²) in [6.45, 7) is 0.179. The van der Waals surface area contributed by atoms with Crippen molar-refractivity contribution in [2.75, 3.05) is 19.0 Å². The molecule has 0 spiro atoms. The predicted octanol–water partition coefficient (Wildman–Crippen LogP) is 1.20. The molecule has 5 heteroatoms. The molecule has 2 rings (SSSR count). The van der Waals surface area contributed by atoms with Crippen LogP contribution >= 0.6 is 0 Å². The number of nitrogens with one attached hydrogen (secondary N) is 1. The maximum Gasteiger partial charge on any atom is 0.306 e. The van der Waals surface area contributed by atoms with Gasteiger partial charge in [0.25, 0.3) is 0 Å². The van der Waals surface area contributed by atoms with Crippen molar-refractivity contribution in [1.29, 1.82) is 0 Å². The molecule has 1 atom stereocenters. The van der Waals surface area contributed by atoms with E-state index in [1.165, 1.54) is 7.11 Å². The fourth-order valence-corrected chi connectivity index (χ4v) is 1.63. The molecular formula is C12H13NO4. The zero-order chi connectivity index (χ0) is 12.3. The number of amides is 1. The van der Waals surface area contributed by atoms with Gasteiger partial charge in [0.05, 0.1) is 25.1 Å². The fraction of sp³-hybridized carbons (Fsp3) is 0.333. The van der Waals surface area contributed by atoms with Crippen LogP contribution < -0.4 is 10.1 Å². The number of carbonyl (C=O) groups excluding carboxylic acids is 2. The number of para-hydroxylation sites is 2. The Morgan fingerprint density at radius 2 is 2.29 bits per heavy atom. The van der Waals surface area contributed by atoms with Gasteiger partial charge in [-0.1, -0.05) is 12.1 Å². The Hall–Kier alpha value is -2.04. The second-order valence-corrected chi connectivity index (χ2v) is 3.77. The third kappa shape index (κ3) is 2.55. The molecule has 0 aromatic heterocycles. The van der Waals surface area contributed by atoms with E-state index in [1.54, 1.807) is 12.1 Å². The molecule has 17 heavy (non-hydrogen) atoms. The third-order valence-electron chi connectivity index (χ3n) is 2.60. The number of ether oxygens (including phenoxy) is 2. The lowest BCUT2D eigenvalue weighted by molar-refractivity contribution is -0.143. The van der Waals surface area contributed by atoms with Crippen molar-refractivity contribution >= 4 is 17.6 Å². The monoisotopic (exact) mass is 235 g/mol. The highest BCUT2D eigenvalue weighted by atomic mass is 16.5. The van der Waals surface area contributed by atoms with E-state index >= 15 is 0 Å². The van der Waals surface area contributed by atoms with Crippen LogP contribution in [0.5, 0.6) is 5.75 Å². The number of fused-ring (bicyclic) bond motifs is 1. The fourth-order valence-electron chi connectivity index (χ4n) is 1.63. The van der Waals surface area contributed by atoms with Gasteiger partial charge in [-0.2, -0.15) is 0 Å². The highest BCUT2D eigenvalue weighted by Gasteiger charge is 2.27. The van der Waals surface area contributed by atoms with Crippen LogP contribution in [0.4, 0.5) is 5.69 Å². The molecule has 0 fully saturated rings. The van der Waals surface area contributed by atoms with E-state index in [9.17, 15) is 9.59 Å². The van der Waals surface area contributed by atoms with E-state index in [2.05, 4.69) is 10.1 Å². The Bertz CT molecular complexity index is 444. The van der Waals surface area contributed by atoms with Gasteiger partial charge in [-0.3, -0.25) is 9.59 Å². The lowest BCUT2D eigenvalue weighted by Crippen LogP contribution is -2.27. The summed E-state index contributed by atoms with van der Waals surface area (Å²) < 4.78 is 10.0. The molecule has 1 aliphatic rings. The van der Waals surface area contributed by atoms with Gasteiger partial charge in [-0.05, 0) is 12.1 Å². The molecule has 1 aliphatic heterocycles. The standard InChI is InChI=1S/C12H13NO4/c1-16-11(14)6-8-7-17-10-5-3-2-4-9(10)13-12(8)15/h2-5,8H,6-7H2,1H3,(H,13,15). The minimum atomic E-state index is -0.519. The number of benzene rings is 1. The molecule has 1 aromatic rings. The lowest BCUT2D eigenvalue weighted by Gasteiger charge is -2.10. The van der Waals surface area contributed by atoms with E-state index in [1.807, 2.05) is 12.1 Å². The number of hydrogen-bond acceptors (Lipinski definition) is 4. The van der Waals surface area contributed by atoms with Gasteiger partial charge in [-0.15, -0.1) is 0 Å². The molecule has 90 valence electrons. The quantitative estimate of drug-likeness (QED) is 0.782. The van der Waals surface area contributed by atoms with Gasteiger partial charge < -0.3 is 14.8 Å². The molecule has 0 saturated heterocycles. The average Bonchev–Trinajstić information content (AvgIpc) is 2.49. The van der Waals surface area contributed by atoms with E-state index < -0.39 is 11.9 Å². The summed E-state index contributed by atoms with van der Waals surface area (Å²) in [5, 5.41) is 2.73. The lowest BCUT2D eigenvalue weighted by atomic mass is 10.1. The van der Waals surface area contributed by atoms with E-state index in [0.717, 1.165) is 0 Å². The zero-order valence-electron chi connectivity index (χ0n) is 9.43. The van der Waals surface area contributed by atoms with Crippen molar-refractivity contribution in [3.05, 3.63) is 24.3 Å². The Morgan fingerprint density at radius 3 is 3.06 bits per heavy atom. The molecule has 0 aliphatic carbocycles. The summed E-state index contributed by atoms with van der Waals surface area (Å²) in [5.41, 5.74) is 0.630. The first-order valence-electron chi connectivity index (χ1n) is 5.30. The highest BCUT2D eigenvalue weighted by Crippen LogP contribution is 2.28. The molecule has 0 radical (unpaired) electrons. The van der Waals surface area contributed by atoms with Crippen molar-refractivity contribution in [1.82, 2.24) is 0 Å². The molecule has 1 heterocycles. The van der Waals surface area contributed by atoms with Gasteiger partial charge in [0, 0.05) is 0 Å². The van der Waals surface area contributed by atoms with Crippen molar-refractivity contribution in [2.45, 2.75) is 6.42 Å². The minimum absolute atomic E-state index is 0.0241. The Labute approximate surface area is 98.7 Å². The summed E-state index contributed by atoms with van der Waals surface area (Å²) in [5.74, 6) is -0.539. The smallest absolute Gasteiger partial charge is 0.306 e. The van der Waals surface area contributed by atoms with Crippen LogP contribution in [-0.4, -0.2) is 25.6 Å². The molecule has 1 aromatic carbocycles. The van der Waals surface area contributed by atoms with Crippen LogP contribution in [0.2, 0.25) is 0 Å². The van der Waals surface area contributed by atoms with Crippen LogP contribution in [0.3, 0.4) is 0 Å².